The van der Waals surface area contributed by atoms with Gasteiger partial charge in [0.1, 0.15) is 0 Å². The maximum absolute atomic E-state index is 12.4. The van der Waals surface area contributed by atoms with Crippen molar-refractivity contribution in [2.45, 2.75) is 45.1 Å². The molecule has 136 valence electrons. The van der Waals surface area contributed by atoms with E-state index in [-0.39, 0.29) is 10.6 Å². The van der Waals surface area contributed by atoms with Crippen LogP contribution in [0, 0.1) is 16.0 Å². The van der Waals surface area contributed by atoms with Crippen LogP contribution in [-0.4, -0.2) is 46.8 Å². The second-order valence-electron chi connectivity index (χ2n) is 7.27. The van der Waals surface area contributed by atoms with Crippen LogP contribution in [0.3, 0.4) is 0 Å². The van der Waals surface area contributed by atoms with Crippen LogP contribution in [-0.2, 0) is 11.3 Å². The summed E-state index contributed by atoms with van der Waals surface area (Å²) in [6, 6.07) is 6.81. The summed E-state index contributed by atoms with van der Waals surface area (Å²) >= 11 is 0. The Balaban J connectivity index is 1.42. The summed E-state index contributed by atoms with van der Waals surface area (Å²) in [6.07, 6.45) is 6.99. The molecule has 0 aromatic heterocycles. The molecule has 1 saturated carbocycles. The molecule has 1 aromatic carbocycles. The van der Waals surface area contributed by atoms with Crippen molar-refractivity contribution in [3.8, 4) is 0 Å². The van der Waals surface area contributed by atoms with Gasteiger partial charge in [-0.25, -0.2) is 0 Å². The summed E-state index contributed by atoms with van der Waals surface area (Å²) in [7, 11) is 0. The second-order valence-corrected chi connectivity index (χ2v) is 7.27. The Labute approximate surface area is 148 Å². The lowest BCUT2D eigenvalue weighted by Gasteiger charge is -2.35. The van der Waals surface area contributed by atoms with E-state index in [1.54, 1.807) is 12.1 Å². The molecular weight excluding hydrogens is 318 g/mol. The van der Waals surface area contributed by atoms with E-state index in [0.717, 1.165) is 44.1 Å². The minimum atomic E-state index is -0.357. The van der Waals surface area contributed by atoms with Crippen molar-refractivity contribution in [1.29, 1.82) is 0 Å². The molecule has 1 aliphatic carbocycles. The number of carbonyl (C=O) groups excluding carboxylic acids is 1. The van der Waals surface area contributed by atoms with Crippen LogP contribution >= 0.6 is 0 Å². The van der Waals surface area contributed by atoms with E-state index < -0.39 is 0 Å². The zero-order valence-electron chi connectivity index (χ0n) is 14.7. The highest BCUT2D eigenvalue weighted by molar-refractivity contribution is 5.76. The van der Waals surface area contributed by atoms with Crippen LogP contribution in [0.15, 0.2) is 24.3 Å². The summed E-state index contributed by atoms with van der Waals surface area (Å²) in [5, 5.41) is 10.9. The Hall–Kier alpha value is -1.95. The van der Waals surface area contributed by atoms with Crippen molar-refractivity contribution in [2.24, 2.45) is 5.92 Å². The maximum atomic E-state index is 12.4. The molecule has 6 nitrogen and oxygen atoms in total. The number of non-ortho nitro benzene ring substituents is 1. The summed E-state index contributed by atoms with van der Waals surface area (Å²) in [6.45, 7) is 3.89. The Morgan fingerprint density at radius 3 is 2.56 bits per heavy atom. The number of nitrogens with zero attached hydrogens (tertiary/aromatic N) is 3. The molecule has 2 fully saturated rings. The average molecular weight is 345 g/mol. The first-order valence-corrected chi connectivity index (χ1v) is 9.35. The van der Waals surface area contributed by atoms with Gasteiger partial charge >= 0.3 is 0 Å². The number of piperazine rings is 1. The summed E-state index contributed by atoms with van der Waals surface area (Å²) in [5.74, 6) is 1.06. The minimum Gasteiger partial charge on any atom is -0.340 e. The molecule has 1 aromatic rings. The molecule has 1 heterocycles. The van der Waals surface area contributed by atoms with Gasteiger partial charge in [0.25, 0.3) is 5.69 Å². The van der Waals surface area contributed by atoms with E-state index in [9.17, 15) is 14.9 Å². The average Bonchev–Trinajstić information content (AvgIpc) is 3.14. The second kappa shape index (κ2) is 8.43. The molecule has 1 saturated heterocycles. The number of nitro groups is 1. The quantitative estimate of drug-likeness (QED) is 0.586. The van der Waals surface area contributed by atoms with E-state index in [4.69, 9.17) is 0 Å². The predicted octanol–water partition coefficient (Wildman–Crippen LogP) is 3.21. The van der Waals surface area contributed by atoms with Gasteiger partial charge in [-0.3, -0.25) is 19.8 Å². The standard InChI is InChI=1S/C19H27N3O3/c23-19(9-8-16-4-1-2-5-16)21-12-10-20(11-13-21)15-17-6-3-7-18(14-17)22(24)25/h3,6-7,14,16H,1-2,4-5,8-13,15H2. The van der Waals surface area contributed by atoms with Gasteiger partial charge in [-0.05, 0) is 17.9 Å². The topological polar surface area (TPSA) is 66.7 Å². The lowest BCUT2D eigenvalue weighted by molar-refractivity contribution is -0.384. The molecule has 0 bridgehead atoms. The fourth-order valence-electron chi connectivity index (χ4n) is 3.97. The Morgan fingerprint density at radius 1 is 1.16 bits per heavy atom. The van der Waals surface area contributed by atoms with Crippen molar-refractivity contribution < 1.29 is 9.72 Å². The highest BCUT2D eigenvalue weighted by Gasteiger charge is 2.23. The molecule has 1 amide bonds. The normalized spacial score (nSPS) is 19.3. The SMILES string of the molecule is O=C(CCC1CCCC1)N1CCN(Cc2cccc([N+](=O)[O-])c2)CC1. The van der Waals surface area contributed by atoms with Gasteiger partial charge in [0.2, 0.25) is 5.91 Å². The fraction of sp³-hybridized carbons (Fsp3) is 0.632. The molecule has 0 N–H and O–H groups in total. The van der Waals surface area contributed by atoms with E-state index in [1.807, 2.05) is 11.0 Å². The lowest BCUT2D eigenvalue weighted by Crippen LogP contribution is -2.48. The molecule has 1 aliphatic heterocycles. The Bertz CT molecular complexity index is 606. The minimum absolute atomic E-state index is 0.137. The largest absolute Gasteiger partial charge is 0.340 e. The zero-order valence-corrected chi connectivity index (χ0v) is 14.7. The molecule has 0 spiro atoms. The van der Waals surface area contributed by atoms with E-state index in [0.29, 0.717) is 18.9 Å². The number of rotatable bonds is 6. The van der Waals surface area contributed by atoms with Crippen molar-refractivity contribution in [3.05, 3.63) is 39.9 Å². The maximum Gasteiger partial charge on any atom is 0.269 e. The Morgan fingerprint density at radius 2 is 1.88 bits per heavy atom. The van der Waals surface area contributed by atoms with Crippen LogP contribution in [0.5, 0.6) is 0 Å². The van der Waals surface area contributed by atoms with Gasteiger partial charge in [-0.2, -0.15) is 0 Å². The first-order valence-electron chi connectivity index (χ1n) is 9.35. The molecular formula is C19H27N3O3. The van der Waals surface area contributed by atoms with Crippen LogP contribution in [0.4, 0.5) is 5.69 Å². The number of nitro benzene ring substituents is 1. The lowest BCUT2D eigenvalue weighted by atomic mass is 10.0. The third-order valence-corrected chi connectivity index (χ3v) is 5.49. The summed E-state index contributed by atoms with van der Waals surface area (Å²) in [5.41, 5.74) is 1.09. The van der Waals surface area contributed by atoms with Crippen molar-refractivity contribution in [3.63, 3.8) is 0 Å². The molecule has 0 atom stereocenters. The molecule has 2 aliphatic rings. The van der Waals surface area contributed by atoms with Gasteiger partial charge in [0.05, 0.1) is 4.92 Å². The van der Waals surface area contributed by atoms with Crippen LogP contribution in [0.2, 0.25) is 0 Å². The Kier molecular flexibility index (Phi) is 6.02. The van der Waals surface area contributed by atoms with Gasteiger partial charge in [0, 0.05) is 51.3 Å². The van der Waals surface area contributed by atoms with Crippen LogP contribution in [0.25, 0.3) is 0 Å². The molecule has 25 heavy (non-hydrogen) atoms. The van der Waals surface area contributed by atoms with Crippen molar-refractivity contribution in [1.82, 2.24) is 9.80 Å². The number of benzene rings is 1. The van der Waals surface area contributed by atoms with Crippen LogP contribution in [0.1, 0.15) is 44.1 Å². The summed E-state index contributed by atoms with van der Waals surface area (Å²) in [4.78, 5) is 27.1. The number of carbonyl (C=O) groups is 1. The van der Waals surface area contributed by atoms with Gasteiger partial charge in [0.15, 0.2) is 0 Å². The third-order valence-electron chi connectivity index (χ3n) is 5.49. The third kappa shape index (κ3) is 5.01. The molecule has 6 heteroatoms. The summed E-state index contributed by atoms with van der Waals surface area (Å²) < 4.78 is 0. The van der Waals surface area contributed by atoms with Gasteiger partial charge in [-0.15, -0.1) is 0 Å². The van der Waals surface area contributed by atoms with E-state index in [1.165, 1.54) is 31.7 Å². The van der Waals surface area contributed by atoms with Crippen molar-refractivity contribution >= 4 is 11.6 Å². The molecule has 0 unspecified atom stereocenters. The van der Waals surface area contributed by atoms with E-state index >= 15 is 0 Å². The van der Waals surface area contributed by atoms with Gasteiger partial charge in [-0.1, -0.05) is 37.8 Å². The number of amides is 1. The molecule has 3 rings (SSSR count). The van der Waals surface area contributed by atoms with Crippen molar-refractivity contribution in [2.75, 3.05) is 26.2 Å². The number of hydrogen-bond acceptors (Lipinski definition) is 4. The first kappa shape index (κ1) is 17.9. The smallest absolute Gasteiger partial charge is 0.269 e. The van der Waals surface area contributed by atoms with Crippen LogP contribution < -0.4 is 0 Å². The number of hydrogen-bond donors (Lipinski definition) is 0. The molecule has 0 radical (unpaired) electrons. The van der Waals surface area contributed by atoms with E-state index in [2.05, 4.69) is 4.90 Å². The predicted molar refractivity (Wildman–Crippen MR) is 96.1 cm³/mol. The highest BCUT2D eigenvalue weighted by Crippen LogP contribution is 2.28. The van der Waals surface area contributed by atoms with Gasteiger partial charge < -0.3 is 4.90 Å². The first-order chi connectivity index (χ1) is 12.1. The monoisotopic (exact) mass is 345 g/mol. The zero-order chi connectivity index (χ0) is 17.6. The fourth-order valence-corrected chi connectivity index (χ4v) is 3.97. The highest BCUT2D eigenvalue weighted by atomic mass is 16.6.